The number of piperidine rings is 1. The maximum absolute atomic E-state index is 15.2. The number of hydrogen-bond acceptors (Lipinski definition) is 6. The van der Waals surface area contributed by atoms with Gasteiger partial charge in [-0.25, -0.2) is 18.2 Å². The van der Waals surface area contributed by atoms with Gasteiger partial charge in [-0.1, -0.05) is 30.4 Å². The van der Waals surface area contributed by atoms with Gasteiger partial charge < -0.3 is 19.5 Å². The van der Waals surface area contributed by atoms with Gasteiger partial charge in [0, 0.05) is 62.4 Å². The van der Waals surface area contributed by atoms with E-state index in [1.807, 2.05) is 13.0 Å². The molecule has 11 heteroatoms. The zero-order valence-electron chi connectivity index (χ0n) is 26.8. The summed E-state index contributed by atoms with van der Waals surface area (Å²) in [6.07, 6.45) is 4.24. The van der Waals surface area contributed by atoms with Gasteiger partial charge in [0.1, 0.15) is 17.2 Å². The molecule has 3 aromatic rings. The highest BCUT2D eigenvalue weighted by Crippen LogP contribution is 2.39. The van der Waals surface area contributed by atoms with Crippen molar-refractivity contribution < 1.29 is 22.7 Å². The summed E-state index contributed by atoms with van der Waals surface area (Å²) >= 11 is 0. The Morgan fingerprint density at radius 2 is 1.87 bits per heavy atom. The lowest BCUT2D eigenvalue weighted by Gasteiger charge is -2.40. The minimum absolute atomic E-state index is 0.0289. The van der Waals surface area contributed by atoms with Gasteiger partial charge in [0.15, 0.2) is 0 Å². The van der Waals surface area contributed by atoms with E-state index in [0.717, 1.165) is 31.0 Å². The van der Waals surface area contributed by atoms with E-state index in [0.29, 0.717) is 53.9 Å². The molecule has 0 spiro atoms. The fourth-order valence-corrected chi connectivity index (χ4v) is 6.85. The molecule has 2 saturated heterocycles. The third-order valence-electron chi connectivity index (χ3n) is 9.67. The van der Waals surface area contributed by atoms with Crippen LogP contribution in [0, 0.1) is 12.7 Å². The minimum atomic E-state index is -2.94. The molecule has 2 atom stereocenters. The van der Waals surface area contributed by atoms with Gasteiger partial charge in [-0.3, -0.25) is 14.5 Å². The van der Waals surface area contributed by atoms with E-state index in [-0.39, 0.29) is 23.1 Å². The van der Waals surface area contributed by atoms with Crippen LogP contribution < -0.4 is 10.9 Å². The molecule has 5 rings (SSSR count). The number of likely N-dealkylation sites (N-methyl/N-ethyl adjacent to an activating group) is 1. The standard InChI is InChI=1S/C34H42F3N5O3/c1-20(24-10-7-11-26(29(24)35)31(36)37)38-32-27-19-28(34(45-6)14-17-42(18-15-34)22(3)43)33(44)41(5)30(27)25(21(2)39-32)13-12-23-9-8-16-40(23)4/h7,10-13,19-20,23,31H,8-9,14-18H2,1-6H3,(H,38,39)/b13-12-/t20-,23-/m1/s1. The molecule has 0 saturated carbocycles. The number of carbonyl (C=O) groups excluding carboxylic acids is 1. The zero-order valence-corrected chi connectivity index (χ0v) is 26.8. The quantitative estimate of drug-likeness (QED) is 0.327. The monoisotopic (exact) mass is 625 g/mol. The number of likely N-dealkylation sites (tertiary alicyclic amines) is 2. The lowest BCUT2D eigenvalue weighted by atomic mass is 9.84. The first-order valence-corrected chi connectivity index (χ1v) is 15.5. The topological polar surface area (TPSA) is 79.7 Å². The smallest absolute Gasteiger partial charge is 0.266 e. The number of pyridine rings is 2. The first-order chi connectivity index (χ1) is 21.4. The van der Waals surface area contributed by atoms with Crippen molar-refractivity contribution in [3.8, 4) is 0 Å². The van der Waals surface area contributed by atoms with Crippen LogP contribution >= 0.6 is 0 Å². The number of halogens is 3. The van der Waals surface area contributed by atoms with Gasteiger partial charge in [0.25, 0.3) is 12.0 Å². The van der Waals surface area contributed by atoms with Crippen LogP contribution in [0.1, 0.15) is 79.9 Å². The second-order valence-electron chi connectivity index (χ2n) is 12.3. The van der Waals surface area contributed by atoms with E-state index in [1.165, 1.54) is 19.1 Å². The fourth-order valence-electron chi connectivity index (χ4n) is 6.85. The van der Waals surface area contributed by atoms with Crippen LogP contribution in [0.25, 0.3) is 17.0 Å². The number of methoxy groups -OCH3 is 1. The predicted molar refractivity (Wildman–Crippen MR) is 170 cm³/mol. The molecule has 45 heavy (non-hydrogen) atoms. The summed E-state index contributed by atoms with van der Waals surface area (Å²) in [5, 5.41) is 3.90. The highest BCUT2D eigenvalue weighted by atomic mass is 19.3. The Morgan fingerprint density at radius 3 is 2.47 bits per heavy atom. The number of benzene rings is 1. The van der Waals surface area contributed by atoms with Crippen molar-refractivity contribution in [1.29, 1.82) is 0 Å². The van der Waals surface area contributed by atoms with Gasteiger partial charge in [-0.2, -0.15) is 0 Å². The molecule has 0 aliphatic carbocycles. The molecular weight excluding hydrogens is 583 g/mol. The number of amides is 1. The predicted octanol–water partition coefficient (Wildman–Crippen LogP) is 6.08. The first kappa shape index (κ1) is 32.7. The summed E-state index contributed by atoms with van der Waals surface area (Å²) in [7, 11) is 5.39. The van der Waals surface area contributed by atoms with Crippen LogP contribution in [0.5, 0.6) is 0 Å². The molecule has 1 amide bonds. The molecule has 0 bridgehead atoms. The van der Waals surface area contributed by atoms with Crippen LogP contribution in [0.3, 0.4) is 0 Å². The molecule has 2 fully saturated rings. The van der Waals surface area contributed by atoms with Crippen molar-refractivity contribution in [2.45, 2.75) is 70.6 Å². The highest BCUT2D eigenvalue weighted by molar-refractivity contribution is 5.96. The number of fused-ring (bicyclic) bond motifs is 1. The molecule has 2 aliphatic heterocycles. The molecule has 0 unspecified atom stereocenters. The molecular formula is C34H42F3N5O3. The minimum Gasteiger partial charge on any atom is -0.373 e. The summed E-state index contributed by atoms with van der Waals surface area (Å²) in [6.45, 7) is 6.98. The Balaban J connectivity index is 1.68. The summed E-state index contributed by atoms with van der Waals surface area (Å²) < 4.78 is 49.9. The molecule has 8 nitrogen and oxygen atoms in total. The van der Waals surface area contributed by atoms with Gasteiger partial charge in [-0.15, -0.1) is 0 Å². The van der Waals surface area contributed by atoms with Crippen molar-refractivity contribution in [3.05, 3.63) is 74.5 Å². The van der Waals surface area contributed by atoms with E-state index in [9.17, 15) is 18.4 Å². The molecule has 2 aliphatic rings. The Hall–Kier alpha value is -3.70. The largest absolute Gasteiger partial charge is 0.373 e. The van der Waals surface area contributed by atoms with Crippen LogP contribution in [0.4, 0.5) is 19.0 Å². The van der Waals surface area contributed by atoms with Crippen molar-refractivity contribution >= 4 is 28.7 Å². The fraction of sp³-hybridized carbons (Fsp3) is 0.500. The maximum atomic E-state index is 15.2. The number of alkyl halides is 2. The van der Waals surface area contributed by atoms with Crippen molar-refractivity contribution in [3.63, 3.8) is 0 Å². The van der Waals surface area contributed by atoms with Crippen LogP contribution in [-0.2, 0) is 22.2 Å². The van der Waals surface area contributed by atoms with E-state index >= 15 is 4.39 Å². The first-order valence-electron chi connectivity index (χ1n) is 15.5. The second kappa shape index (κ2) is 13.0. The van der Waals surface area contributed by atoms with Crippen LogP contribution in [0.2, 0.25) is 0 Å². The summed E-state index contributed by atoms with van der Waals surface area (Å²) in [5.74, 6) is -0.590. The average molecular weight is 626 g/mol. The van der Waals surface area contributed by atoms with Crippen molar-refractivity contribution in [1.82, 2.24) is 19.4 Å². The number of anilines is 1. The highest BCUT2D eigenvalue weighted by Gasteiger charge is 2.40. The Bertz CT molecular complexity index is 1680. The number of carbonyl (C=O) groups is 1. The number of nitrogens with zero attached hydrogens (tertiary/aromatic N) is 4. The lowest BCUT2D eigenvalue weighted by Crippen LogP contribution is -2.48. The molecule has 1 aromatic carbocycles. The molecule has 242 valence electrons. The Labute approximate surface area is 261 Å². The normalized spacial score (nSPS) is 19.6. The number of hydrogen-bond donors (Lipinski definition) is 1. The third kappa shape index (κ3) is 6.12. The Morgan fingerprint density at radius 1 is 1.18 bits per heavy atom. The number of rotatable bonds is 8. The van der Waals surface area contributed by atoms with Crippen LogP contribution in [0.15, 0.2) is 35.1 Å². The number of aromatic nitrogens is 2. The van der Waals surface area contributed by atoms with E-state index < -0.39 is 29.4 Å². The molecule has 1 N–H and O–H groups in total. The van der Waals surface area contributed by atoms with Gasteiger partial charge in [-0.05, 0) is 59.2 Å². The van der Waals surface area contributed by atoms with Gasteiger partial charge in [0.05, 0.1) is 22.7 Å². The van der Waals surface area contributed by atoms with Gasteiger partial charge in [0.2, 0.25) is 5.91 Å². The molecule has 4 heterocycles. The molecule has 2 aromatic heterocycles. The number of ether oxygens (including phenoxy) is 1. The number of nitrogens with one attached hydrogen (secondary N) is 1. The summed E-state index contributed by atoms with van der Waals surface area (Å²) in [6, 6.07) is 5.33. The molecule has 0 radical (unpaired) electrons. The van der Waals surface area contributed by atoms with Crippen molar-refractivity contribution in [2.75, 3.05) is 39.1 Å². The SMILES string of the molecule is COC1(c2cc3c(N[C@H](C)c4cccc(C(F)F)c4F)nc(C)c(/C=C\[C@H]4CCCN4C)c3n(C)c2=O)CCN(C(C)=O)CC1. The van der Waals surface area contributed by atoms with Crippen LogP contribution in [-0.4, -0.2) is 65.1 Å². The lowest BCUT2D eigenvalue weighted by molar-refractivity contribution is -0.135. The van der Waals surface area contributed by atoms with Crippen molar-refractivity contribution in [2.24, 2.45) is 7.05 Å². The van der Waals surface area contributed by atoms with E-state index in [4.69, 9.17) is 9.72 Å². The van der Waals surface area contributed by atoms with Gasteiger partial charge >= 0.3 is 0 Å². The average Bonchev–Trinajstić information content (AvgIpc) is 3.42. The maximum Gasteiger partial charge on any atom is 0.266 e. The third-order valence-corrected chi connectivity index (χ3v) is 9.67. The Kier molecular flexibility index (Phi) is 9.41. The van der Waals surface area contributed by atoms with E-state index in [1.54, 1.807) is 36.6 Å². The van der Waals surface area contributed by atoms with E-state index in [2.05, 4.69) is 23.3 Å². The summed E-state index contributed by atoms with van der Waals surface area (Å²) in [5.41, 5.74) is 0.836. The number of aryl methyl sites for hydroxylation is 2. The second-order valence-corrected chi connectivity index (χ2v) is 12.3. The zero-order chi connectivity index (χ0) is 32.6. The summed E-state index contributed by atoms with van der Waals surface area (Å²) in [4.78, 5) is 35.1.